The third-order valence-electron chi connectivity index (χ3n) is 5.08. The quantitative estimate of drug-likeness (QED) is 0.352. The molecule has 6 heteroatoms. The van der Waals surface area contributed by atoms with Crippen molar-refractivity contribution in [2.75, 3.05) is 0 Å². The van der Waals surface area contributed by atoms with Gasteiger partial charge in [0.2, 0.25) is 0 Å². The number of aryl methyl sites for hydroxylation is 2. The van der Waals surface area contributed by atoms with E-state index in [1.54, 1.807) is 12.1 Å². The Morgan fingerprint density at radius 1 is 0.903 bits per heavy atom. The first-order valence-corrected chi connectivity index (χ1v) is 10.4. The van der Waals surface area contributed by atoms with Crippen LogP contribution < -0.4 is 10.3 Å². The van der Waals surface area contributed by atoms with E-state index in [2.05, 4.69) is 4.98 Å². The SMILES string of the molecule is CC(=O)Oc1c(-c2c(C)cc(-c3ccc(Cl)cc3)cc2Cl)c(=O)[nH]c2ccc(C)cc12. The highest BCUT2D eigenvalue weighted by Crippen LogP contribution is 2.41. The Hall–Kier alpha value is -3.08. The van der Waals surface area contributed by atoms with E-state index in [9.17, 15) is 9.59 Å². The van der Waals surface area contributed by atoms with E-state index in [1.807, 2.05) is 56.3 Å². The molecule has 0 aliphatic rings. The fourth-order valence-corrected chi connectivity index (χ4v) is 4.21. The summed E-state index contributed by atoms with van der Waals surface area (Å²) in [6, 6.07) is 16.7. The highest BCUT2D eigenvalue weighted by Gasteiger charge is 2.22. The number of hydrogen-bond donors (Lipinski definition) is 1. The van der Waals surface area contributed by atoms with Gasteiger partial charge in [0, 0.05) is 27.9 Å². The number of carbonyl (C=O) groups is 1. The number of hydrogen-bond acceptors (Lipinski definition) is 3. The number of pyridine rings is 1. The van der Waals surface area contributed by atoms with Crippen LogP contribution in [0, 0.1) is 13.8 Å². The van der Waals surface area contributed by atoms with Crippen LogP contribution in [0.15, 0.2) is 59.4 Å². The number of carbonyl (C=O) groups excluding carboxylic acids is 1. The van der Waals surface area contributed by atoms with Gasteiger partial charge in [0.25, 0.3) is 5.56 Å². The van der Waals surface area contributed by atoms with Gasteiger partial charge in [0.15, 0.2) is 5.75 Å². The molecule has 0 spiro atoms. The lowest BCUT2D eigenvalue weighted by atomic mass is 9.94. The van der Waals surface area contributed by atoms with Crippen molar-refractivity contribution in [1.82, 2.24) is 4.98 Å². The van der Waals surface area contributed by atoms with Crippen molar-refractivity contribution in [1.29, 1.82) is 0 Å². The molecule has 0 amide bonds. The van der Waals surface area contributed by atoms with Gasteiger partial charge in [-0.25, -0.2) is 0 Å². The van der Waals surface area contributed by atoms with Crippen LogP contribution in [0.5, 0.6) is 5.75 Å². The van der Waals surface area contributed by atoms with Gasteiger partial charge < -0.3 is 9.72 Å². The first kappa shape index (κ1) is 21.2. The van der Waals surface area contributed by atoms with Crippen molar-refractivity contribution in [3.8, 4) is 28.0 Å². The van der Waals surface area contributed by atoms with Gasteiger partial charge in [-0.1, -0.05) is 53.0 Å². The largest absolute Gasteiger partial charge is 0.425 e. The van der Waals surface area contributed by atoms with Crippen molar-refractivity contribution in [2.45, 2.75) is 20.8 Å². The van der Waals surface area contributed by atoms with Crippen molar-refractivity contribution < 1.29 is 9.53 Å². The summed E-state index contributed by atoms with van der Waals surface area (Å²) in [7, 11) is 0. The molecule has 4 rings (SSSR count). The average Bonchev–Trinajstić information content (AvgIpc) is 2.70. The number of fused-ring (bicyclic) bond motifs is 1. The Balaban J connectivity index is 2.00. The predicted octanol–water partition coefficient (Wildman–Crippen LogP) is 6.71. The normalized spacial score (nSPS) is 11.0. The number of aromatic nitrogens is 1. The topological polar surface area (TPSA) is 59.2 Å². The van der Waals surface area contributed by atoms with E-state index >= 15 is 0 Å². The standard InChI is InChI=1S/C25H19Cl2NO3/c1-13-4-9-21-19(10-13)24(31-15(3)29)23(25(30)28-21)22-14(2)11-17(12-20(22)27)16-5-7-18(26)8-6-16/h4-12H,1-3H3,(H,28,30). The van der Waals surface area contributed by atoms with Crippen LogP contribution in [0.3, 0.4) is 0 Å². The number of H-pyrrole nitrogens is 1. The van der Waals surface area contributed by atoms with Crippen molar-refractivity contribution in [3.05, 3.63) is 86.1 Å². The summed E-state index contributed by atoms with van der Waals surface area (Å²) in [6.45, 7) is 5.11. The zero-order valence-electron chi connectivity index (χ0n) is 17.2. The number of nitrogens with one attached hydrogen (secondary N) is 1. The van der Waals surface area contributed by atoms with Gasteiger partial charge in [-0.15, -0.1) is 0 Å². The first-order valence-electron chi connectivity index (χ1n) is 9.66. The monoisotopic (exact) mass is 451 g/mol. The third kappa shape index (κ3) is 4.09. The highest BCUT2D eigenvalue weighted by molar-refractivity contribution is 6.34. The second-order valence-corrected chi connectivity index (χ2v) is 8.30. The molecule has 0 atom stereocenters. The summed E-state index contributed by atoms with van der Waals surface area (Å²) in [4.78, 5) is 27.9. The summed E-state index contributed by atoms with van der Waals surface area (Å²) in [5.41, 5.74) is 4.56. The van der Waals surface area contributed by atoms with Gasteiger partial charge in [-0.05, 0) is 60.9 Å². The molecule has 1 heterocycles. The molecule has 156 valence electrons. The van der Waals surface area contributed by atoms with E-state index in [0.717, 1.165) is 22.3 Å². The molecule has 0 saturated carbocycles. The van der Waals surface area contributed by atoms with Gasteiger partial charge in [0.05, 0.1) is 11.1 Å². The minimum Gasteiger partial charge on any atom is -0.425 e. The molecule has 4 nitrogen and oxygen atoms in total. The summed E-state index contributed by atoms with van der Waals surface area (Å²) in [6.07, 6.45) is 0. The Morgan fingerprint density at radius 2 is 1.61 bits per heavy atom. The van der Waals surface area contributed by atoms with E-state index in [-0.39, 0.29) is 16.9 Å². The Labute approximate surface area is 189 Å². The van der Waals surface area contributed by atoms with Gasteiger partial charge in [0.1, 0.15) is 0 Å². The lowest BCUT2D eigenvalue weighted by Crippen LogP contribution is -2.15. The smallest absolute Gasteiger partial charge is 0.308 e. The fraction of sp³-hybridized carbons (Fsp3) is 0.120. The Bertz CT molecular complexity index is 1370. The maximum atomic E-state index is 13.1. The molecule has 1 N–H and O–H groups in total. The molecule has 0 saturated heterocycles. The van der Waals surface area contributed by atoms with Crippen LogP contribution in [0.2, 0.25) is 10.0 Å². The number of benzene rings is 3. The molecular formula is C25H19Cl2NO3. The van der Waals surface area contributed by atoms with Crippen molar-refractivity contribution in [3.63, 3.8) is 0 Å². The fourth-order valence-electron chi connectivity index (χ4n) is 3.72. The van der Waals surface area contributed by atoms with Crippen LogP contribution in [0.25, 0.3) is 33.2 Å². The van der Waals surface area contributed by atoms with Crippen molar-refractivity contribution in [2.24, 2.45) is 0 Å². The van der Waals surface area contributed by atoms with Gasteiger partial charge >= 0.3 is 5.97 Å². The van der Waals surface area contributed by atoms with E-state index < -0.39 is 5.97 Å². The molecular weight excluding hydrogens is 433 g/mol. The van der Waals surface area contributed by atoms with Crippen LogP contribution >= 0.6 is 23.2 Å². The lowest BCUT2D eigenvalue weighted by molar-refractivity contribution is -0.131. The number of ether oxygens (including phenoxy) is 1. The van der Waals surface area contributed by atoms with Crippen LogP contribution in [-0.2, 0) is 4.79 Å². The maximum absolute atomic E-state index is 13.1. The minimum absolute atomic E-state index is 0.208. The molecule has 0 unspecified atom stereocenters. The number of rotatable bonds is 3. The molecule has 1 aromatic heterocycles. The first-order chi connectivity index (χ1) is 14.7. The maximum Gasteiger partial charge on any atom is 0.308 e. The van der Waals surface area contributed by atoms with Gasteiger partial charge in [-0.3, -0.25) is 9.59 Å². The highest BCUT2D eigenvalue weighted by atomic mass is 35.5. The van der Waals surface area contributed by atoms with E-state index in [1.165, 1.54) is 6.92 Å². The Kier molecular flexibility index (Phi) is 5.61. The Morgan fingerprint density at radius 3 is 2.26 bits per heavy atom. The summed E-state index contributed by atoms with van der Waals surface area (Å²) in [5.74, 6) is -0.305. The second kappa shape index (κ2) is 8.22. The zero-order valence-corrected chi connectivity index (χ0v) is 18.7. The molecule has 3 aromatic carbocycles. The number of aromatic amines is 1. The van der Waals surface area contributed by atoms with Crippen LogP contribution in [-0.4, -0.2) is 11.0 Å². The average molecular weight is 452 g/mol. The van der Waals surface area contributed by atoms with Gasteiger partial charge in [-0.2, -0.15) is 0 Å². The molecule has 4 aromatic rings. The molecule has 0 aliphatic heterocycles. The molecule has 0 bridgehead atoms. The van der Waals surface area contributed by atoms with Crippen LogP contribution in [0.4, 0.5) is 0 Å². The van der Waals surface area contributed by atoms with Crippen LogP contribution in [0.1, 0.15) is 18.1 Å². The third-order valence-corrected chi connectivity index (χ3v) is 5.63. The van der Waals surface area contributed by atoms with E-state index in [0.29, 0.717) is 26.5 Å². The predicted molar refractivity (Wildman–Crippen MR) is 126 cm³/mol. The zero-order chi connectivity index (χ0) is 22.3. The number of halogens is 2. The second-order valence-electron chi connectivity index (χ2n) is 7.46. The molecule has 0 radical (unpaired) electrons. The number of esters is 1. The molecule has 31 heavy (non-hydrogen) atoms. The summed E-state index contributed by atoms with van der Waals surface area (Å²) in [5, 5.41) is 1.67. The lowest BCUT2D eigenvalue weighted by Gasteiger charge is -2.16. The van der Waals surface area contributed by atoms with E-state index in [4.69, 9.17) is 27.9 Å². The minimum atomic E-state index is -0.513. The summed E-state index contributed by atoms with van der Waals surface area (Å²) >= 11 is 12.7. The van der Waals surface area contributed by atoms with Crippen molar-refractivity contribution >= 4 is 40.1 Å². The molecule has 0 fully saturated rings. The molecule has 0 aliphatic carbocycles. The summed E-state index contributed by atoms with van der Waals surface area (Å²) < 4.78 is 5.55.